The van der Waals surface area contributed by atoms with Gasteiger partial charge in [-0.15, -0.1) is 0 Å². The van der Waals surface area contributed by atoms with Crippen molar-refractivity contribution in [3.8, 4) is 0 Å². The quantitative estimate of drug-likeness (QED) is 0.654. The number of carbonyl (C=O) groups is 1. The van der Waals surface area contributed by atoms with Gasteiger partial charge in [0.05, 0.1) is 0 Å². The van der Waals surface area contributed by atoms with Crippen molar-refractivity contribution in [2.45, 2.75) is 57.8 Å². The highest BCUT2D eigenvalue weighted by Crippen LogP contribution is 2.53. The summed E-state index contributed by atoms with van der Waals surface area (Å²) in [4.78, 5) is 10.4. The summed E-state index contributed by atoms with van der Waals surface area (Å²) in [6, 6.07) is 0. The summed E-state index contributed by atoms with van der Waals surface area (Å²) in [5, 5.41) is 18.0. The topological polar surface area (TPSA) is 57.5 Å². The molecule has 0 aromatic heterocycles. The van der Waals surface area contributed by atoms with Gasteiger partial charge in [-0.2, -0.15) is 0 Å². The first kappa shape index (κ1) is 13.9. The Hall–Kier alpha value is -0.570. The Morgan fingerprint density at radius 1 is 1.00 bits per heavy atom. The van der Waals surface area contributed by atoms with Gasteiger partial charge in [0, 0.05) is 13.0 Å². The Bertz CT molecular complexity index is 277. The first-order chi connectivity index (χ1) is 8.72. The molecule has 104 valence electrons. The fourth-order valence-corrected chi connectivity index (χ4v) is 4.27. The summed E-state index contributed by atoms with van der Waals surface area (Å²) in [5.41, 5.74) is 0. The number of aliphatic carboxylic acids is 1. The number of carboxylic acids is 1. The van der Waals surface area contributed by atoms with Crippen molar-refractivity contribution in [3.05, 3.63) is 0 Å². The zero-order valence-corrected chi connectivity index (χ0v) is 11.2. The molecule has 2 saturated carbocycles. The Balaban J connectivity index is 1.60. The van der Waals surface area contributed by atoms with Crippen LogP contribution in [0.4, 0.5) is 0 Å². The predicted octanol–water partition coefficient (Wildman–Crippen LogP) is 3.07. The summed E-state index contributed by atoms with van der Waals surface area (Å²) >= 11 is 0. The van der Waals surface area contributed by atoms with E-state index in [9.17, 15) is 9.90 Å². The molecule has 0 aromatic rings. The molecule has 2 N–H and O–H groups in total. The van der Waals surface area contributed by atoms with Crippen molar-refractivity contribution in [2.24, 2.45) is 23.7 Å². The molecule has 3 nitrogen and oxygen atoms in total. The van der Waals surface area contributed by atoms with Crippen LogP contribution in [0.3, 0.4) is 0 Å². The minimum absolute atomic E-state index is 0.313. The van der Waals surface area contributed by atoms with E-state index in [1.54, 1.807) is 0 Å². The Kier molecular flexibility index (Phi) is 5.04. The third-order valence-corrected chi connectivity index (χ3v) is 5.16. The molecule has 0 aromatic carbocycles. The number of fused-ring (bicyclic) bond motifs is 2. The monoisotopic (exact) mass is 254 g/mol. The van der Waals surface area contributed by atoms with Crippen LogP contribution in [0.2, 0.25) is 0 Å². The third kappa shape index (κ3) is 3.25. The van der Waals surface area contributed by atoms with Gasteiger partial charge >= 0.3 is 5.97 Å². The van der Waals surface area contributed by atoms with Gasteiger partial charge in [0.15, 0.2) is 0 Å². The van der Waals surface area contributed by atoms with Crippen LogP contribution >= 0.6 is 0 Å². The molecule has 2 fully saturated rings. The summed E-state index contributed by atoms with van der Waals surface area (Å²) in [7, 11) is 0. The number of rotatable bonds is 8. The van der Waals surface area contributed by atoms with Gasteiger partial charge in [-0.3, -0.25) is 4.79 Å². The maximum atomic E-state index is 10.4. The highest BCUT2D eigenvalue weighted by Gasteiger charge is 2.46. The van der Waals surface area contributed by atoms with Gasteiger partial charge in [0.2, 0.25) is 0 Å². The van der Waals surface area contributed by atoms with Crippen LogP contribution in [0.5, 0.6) is 0 Å². The Morgan fingerprint density at radius 2 is 1.67 bits per heavy atom. The number of aliphatic hydroxyl groups excluding tert-OH is 1. The fraction of sp³-hybridized carbons (Fsp3) is 0.933. The molecule has 2 rings (SSSR count). The molecule has 3 heteroatoms. The van der Waals surface area contributed by atoms with Crippen LogP contribution in [0.1, 0.15) is 57.8 Å². The minimum atomic E-state index is -0.677. The summed E-state index contributed by atoms with van der Waals surface area (Å²) in [5.74, 6) is 2.34. The van der Waals surface area contributed by atoms with Crippen molar-refractivity contribution >= 4 is 5.97 Å². The lowest BCUT2D eigenvalue weighted by Crippen LogP contribution is -2.25. The predicted molar refractivity (Wildman–Crippen MR) is 70.2 cm³/mol. The van der Waals surface area contributed by atoms with Gasteiger partial charge in [0.25, 0.3) is 0 Å². The van der Waals surface area contributed by atoms with E-state index in [1.165, 1.54) is 32.1 Å². The molecule has 0 heterocycles. The number of carboxylic acid groups (broad SMARTS) is 1. The van der Waals surface area contributed by atoms with E-state index in [0.29, 0.717) is 18.9 Å². The SMILES string of the molecule is O=C(O)CCCCCCC1C2CCC(C2)C1CO. The number of hydrogen-bond acceptors (Lipinski definition) is 2. The van der Waals surface area contributed by atoms with E-state index in [1.807, 2.05) is 0 Å². The van der Waals surface area contributed by atoms with Crippen LogP contribution in [0.25, 0.3) is 0 Å². The van der Waals surface area contributed by atoms with Crippen LogP contribution in [0, 0.1) is 23.7 Å². The van der Waals surface area contributed by atoms with Crippen molar-refractivity contribution < 1.29 is 15.0 Å². The first-order valence-electron chi connectivity index (χ1n) is 7.55. The molecule has 2 aliphatic carbocycles. The molecule has 0 spiro atoms. The average Bonchev–Trinajstić information content (AvgIpc) is 2.93. The van der Waals surface area contributed by atoms with Gasteiger partial charge < -0.3 is 10.2 Å². The van der Waals surface area contributed by atoms with Crippen LogP contribution in [-0.2, 0) is 4.79 Å². The van der Waals surface area contributed by atoms with Gasteiger partial charge in [0.1, 0.15) is 0 Å². The Morgan fingerprint density at radius 3 is 2.33 bits per heavy atom. The van der Waals surface area contributed by atoms with Crippen LogP contribution in [0.15, 0.2) is 0 Å². The molecule has 4 unspecified atom stereocenters. The number of hydrogen-bond donors (Lipinski definition) is 2. The molecule has 0 aliphatic heterocycles. The highest BCUT2D eigenvalue weighted by atomic mass is 16.4. The second-order valence-electron chi connectivity index (χ2n) is 6.19. The normalized spacial score (nSPS) is 34.1. The summed E-state index contributed by atoms with van der Waals surface area (Å²) in [6.45, 7) is 0.380. The molecular weight excluding hydrogens is 228 g/mol. The van der Waals surface area contributed by atoms with Crippen molar-refractivity contribution in [1.82, 2.24) is 0 Å². The second kappa shape index (κ2) is 6.55. The number of unbranched alkanes of at least 4 members (excludes halogenated alkanes) is 3. The lowest BCUT2D eigenvalue weighted by atomic mass is 9.77. The molecular formula is C15H26O3. The van der Waals surface area contributed by atoms with E-state index in [2.05, 4.69) is 0 Å². The van der Waals surface area contributed by atoms with Crippen molar-refractivity contribution in [2.75, 3.05) is 6.61 Å². The maximum Gasteiger partial charge on any atom is 0.303 e. The van der Waals surface area contributed by atoms with Gasteiger partial charge in [-0.25, -0.2) is 0 Å². The zero-order valence-electron chi connectivity index (χ0n) is 11.2. The largest absolute Gasteiger partial charge is 0.481 e. The lowest BCUT2D eigenvalue weighted by molar-refractivity contribution is -0.137. The standard InChI is InChI=1S/C15H26O3/c16-10-14-12-8-7-11(9-12)13(14)5-3-1-2-4-6-15(17)18/h11-14,16H,1-10H2,(H,17,18). The van der Waals surface area contributed by atoms with E-state index >= 15 is 0 Å². The molecule has 0 amide bonds. The van der Waals surface area contributed by atoms with Crippen molar-refractivity contribution in [1.29, 1.82) is 0 Å². The van der Waals surface area contributed by atoms with Crippen molar-refractivity contribution in [3.63, 3.8) is 0 Å². The zero-order chi connectivity index (χ0) is 13.0. The molecule has 4 atom stereocenters. The maximum absolute atomic E-state index is 10.4. The summed E-state index contributed by atoms with van der Waals surface area (Å²) < 4.78 is 0. The molecule has 0 saturated heterocycles. The smallest absolute Gasteiger partial charge is 0.303 e. The Labute approximate surface area is 110 Å². The van der Waals surface area contributed by atoms with Crippen LogP contribution in [-0.4, -0.2) is 22.8 Å². The molecule has 18 heavy (non-hydrogen) atoms. The fourth-order valence-electron chi connectivity index (χ4n) is 4.27. The molecule has 2 bridgehead atoms. The van der Waals surface area contributed by atoms with Crippen LogP contribution < -0.4 is 0 Å². The summed E-state index contributed by atoms with van der Waals surface area (Å²) in [6.07, 6.45) is 9.85. The van der Waals surface area contributed by atoms with E-state index in [0.717, 1.165) is 37.0 Å². The lowest BCUT2D eigenvalue weighted by Gasteiger charge is -2.29. The van der Waals surface area contributed by atoms with Gasteiger partial charge in [-0.1, -0.05) is 19.3 Å². The average molecular weight is 254 g/mol. The van der Waals surface area contributed by atoms with E-state index < -0.39 is 5.97 Å². The van der Waals surface area contributed by atoms with E-state index in [4.69, 9.17) is 5.11 Å². The number of aliphatic hydroxyl groups is 1. The molecule has 2 aliphatic rings. The minimum Gasteiger partial charge on any atom is -0.481 e. The molecule has 0 radical (unpaired) electrons. The first-order valence-corrected chi connectivity index (χ1v) is 7.55. The highest BCUT2D eigenvalue weighted by molar-refractivity contribution is 5.66. The van der Waals surface area contributed by atoms with E-state index in [-0.39, 0.29) is 0 Å². The second-order valence-corrected chi connectivity index (χ2v) is 6.19. The van der Waals surface area contributed by atoms with Gasteiger partial charge in [-0.05, 0) is 55.8 Å². The third-order valence-electron chi connectivity index (χ3n) is 5.16.